The average molecular weight is 550 g/mol. The summed E-state index contributed by atoms with van der Waals surface area (Å²) in [6.45, 7) is 25.3. The van der Waals surface area contributed by atoms with E-state index in [1.54, 1.807) is 0 Å². The second-order valence-electron chi connectivity index (χ2n) is 8.90. The van der Waals surface area contributed by atoms with Crippen LogP contribution in [0.25, 0.3) is 0 Å². The SMILES string of the molecule is C.C.C.C.Cc1cc(C)c(C)o1.Cc1cc(C)c(C)s1.Cc1cc(C)c(C)s1.Cc1cc(C)n(C)c1C. The number of aromatic nitrogens is 1. The standard InChI is InChI=1S/C8H13N.C7H10O.2C7H10S.4CH4/c1-6-5-7(2)9(4)8(6)3;3*1-5-4-6(2)8-7(5)3;;;;/h5H,1-4H3;3*4H,1-3H3;4*1H4. The summed E-state index contributed by atoms with van der Waals surface area (Å²) in [6.07, 6.45) is 0. The van der Waals surface area contributed by atoms with Crippen LogP contribution in [0.15, 0.2) is 28.7 Å². The first-order valence-corrected chi connectivity index (χ1v) is 13.1. The van der Waals surface area contributed by atoms with Crippen LogP contribution in [-0.2, 0) is 7.05 Å². The molecule has 214 valence electrons. The topological polar surface area (TPSA) is 18.1 Å². The largest absolute Gasteiger partial charge is 0.466 e. The van der Waals surface area contributed by atoms with Crippen LogP contribution in [0.2, 0.25) is 0 Å². The van der Waals surface area contributed by atoms with Crippen LogP contribution in [0, 0.1) is 83.1 Å². The Morgan fingerprint density at radius 3 is 1.03 bits per heavy atom. The molecule has 2 nitrogen and oxygen atoms in total. The molecule has 37 heavy (non-hydrogen) atoms. The highest BCUT2D eigenvalue weighted by molar-refractivity contribution is 7.12. The lowest BCUT2D eigenvalue weighted by Crippen LogP contribution is -1.92. The van der Waals surface area contributed by atoms with E-state index in [-0.39, 0.29) is 29.7 Å². The second-order valence-corrected chi connectivity index (χ2v) is 11.8. The van der Waals surface area contributed by atoms with E-state index in [0.717, 1.165) is 11.5 Å². The molecule has 4 aromatic rings. The highest BCUT2D eigenvalue weighted by Gasteiger charge is 1.99. The molecular formula is C33H59NOS2. The van der Waals surface area contributed by atoms with Gasteiger partial charge in [-0.25, -0.2) is 0 Å². The van der Waals surface area contributed by atoms with Crippen molar-refractivity contribution in [2.75, 3.05) is 0 Å². The Kier molecular flexibility index (Phi) is 21.7. The van der Waals surface area contributed by atoms with Crippen LogP contribution in [0.1, 0.15) is 94.4 Å². The maximum Gasteiger partial charge on any atom is 0.103 e. The predicted molar refractivity (Wildman–Crippen MR) is 177 cm³/mol. The first-order chi connectivity index (χ1) is 15.2. The van der Waals surface area contributed by atoms with Crippen LogP contribution in [0.4, 0.5) is 0 Å². The van der Waals surface area contributed by atoms with Gasteiger partial charge in [0.05, 0.1) is 0 Å². The minimum absolute atomic E-state index is 0. The molecule has 0 fully saturated rings. The summed E-state index contributed by atoms with van der Waals surface area (Å²) < 4.78 is 7.42. The van der Waals surface area contributed by atoms with Crippen molar-refractivity contribution in [3.8, 4) is 0 Å². The molecule has 0 atom stereocenters. The highest BCUT2D eigenvalue weighted by atomic mass is 32.1. The third-order valence-electron chi connectivity index (χ3n) is 5.90. The molecule has 0 aliphatic rings. The lowest BCUT2D eigenvalue weighted by Gasteiger charge is -1.97. The number of hydrogen-bond acceptors (Lipinski definition) is 3. The first kappa shape index (κ1) is 42.1. The third kappa shape index (κ3) is 13.9. The van der Waals surface area contributed by atoms with E-state index >= 15 is 0 Å². The van der Waals surface area contributed by atoms with Gasteiger partial charge in [0, 0.05) is 37.9 Å². The van der Waals surface area contributed by atoms with Gasteiger partial charge < -0.3 is 8.98 Å². The van der Waals surface area contributed by atoms with E-state index in [4.69, 9.17) is 4.42 Å². The van der Waals surface area contributed by atoms with E-state index in [1.807, 2.05) is 49.5 Å². The summed E-state index contributed by atoms with van der Waals surface area (Å²) >= 11 is 3.74. The Balaban J connectivity index is -0.000000190. The molecule has 4 rings (SSSR count). The summed E-state index contributed by atoms with van der Waals surface area (Å²) in [5.41, 5.74) is 8.18. The summed E-state index contributed by atoms with van der Waals surface area (Å²) in [5.74, 6) is 2.03. The van der Waals surface area contributed by atoms with E-state index in [0.29, 0.717) is 0 Å². The Labute approximate surface area is 239 Å². The van der Waals surface area contributed by atoms with Crippen molar-refractivity contribution in [3.05, 3.63) is 88.9 Å². The van der Waals surface area contributed by atoms with Crippen molar-refractivity contribution < 1.29 is 4.42 Å². The second kappa shape index (κ2) is 19.1. The molecule has 4 heteroatoms. The molecule has 0 saturated heterocycles. The van der Waals surface area contributed by atoms with Crippen LogP contribution < -0.4 is 0 Å². The zero-order valence-electron chi connectivity index (χ0n) is 23.0. The van der Waals surface area contributed by atoms with Crippen molar-refractivity contribution in [1.29, 1.82) is 0 Å². The minimum Gasteiger partial charge on any atom is -0.466 e. The summed E-state index contributed by atoms with van der Waals surface area (Å²) in [5, 5.41) is 0. The molecule has 0 spiro atoms. The maximum absolute atomic E-state index is 5.21. The molecule has 0 aliphatic carbocycles. The lowest BCUT2D eigenvalue weighted by molar-refractivity contribution is 0.502. The number of nitrogens with zero attached hydrogens (tertiary/aromatic N) is 1. The molecule has 0 radical (unpaired) electrons. The van der Waals surface area contributed by atoms with Gasteiger partial charge in [0.15, 0.2) is 0 Å². The molecule has 0 bridgehead atoms. The summed E-state index contributed by atoms with van der Waals surface area (Å²) in [7, 11) is 2.09. The normalized spacial score (nSPS) is 8.89. The molecule has 0 aromatic carbocycles. The van der Waals surface area contributed by atoms with E-state index in [2.05, 4.69) is 92.1 Å². The van der Waals surface area contributed by atoms with E-state index in [1.165, 1.54) is 53.2 Å². The smallest absolute Gasteiger partial charge is 0.103 e. The molecule has 0 N–H and O–H groups in total. The summed E-state index contributed by atoms with van der Waals surface area (Å²) in [4.78, 5) is 5.73. The highest BCUT2D eigenvalue weighted by Crippen LogP contribution is 2.19. The van der Waals surface area contributed by atoms with Gasteiger partial charge >= 0.3 is 0 Å². The first-order valence-electron chi connectivity index (χ1n) is 11.4. The van der Waals surface area contributed by atoms with Crippen molar-refractivity contribution in [2.24, 2.45) is 7.05 Å². The lowest BCUT2D eigenvalue weighted by atomic mass is 10.3. The van der Waals surface area contributed by atoms with Gasteiger partial charge in [-0.15, -0.1) is 22.7 Å². The van der Waals surface area contributed by atoms with Gasteiger partial charge in [0.2, 0.25) is 0 Å². The molecule has 0 amide bonds. The fraction of sp³-hybridized carbons (Fsp3) is 0.515. The van der Waals surface area contributed by atoms with Crippen LogP contribution in [-0.4, -0.2) is 4.57 Å². The molecular weight excluding hydrogens is 491 g/mol. The van der Waals surface area contributed by atoms with Gasteiger partial charge in [0.1, 0.15) is 11.5 Å². The van der Waals surface area contributed by atoms with Gasteiger partial charge in [-0.3, -0.25) is 0 Å². The van der Waals surface area contributed by atoms with Crippen LogP contribution in [0.5, 0.6) is 0 Å². The van der Waals surface area contributed by atoms with Crippen LogP contribution >= 0.6 is 22.7 Å². The third-order valence-corrected chi connectivity index (χ3v) is 8.03. The fourth-order valence-electron chi connectivity index (χ4n) is 3.32. The van der Waals surface area contributed by atoms with E-state index in [9.17, 15) is 0 Å². The van der Waals surface area contributed by atoms with Gasteiger partial charge in [-0.1, -0.05) is 29.7 Å². The van der Waals surface area contributed by atoms with Gasteiger partial charge in [0.25, 0.3) is 0 Å². The van der Waals surface area contributed by atoms with Crippen molar-refractivity contribution in [2.45, 2.75) is 113 Å². The quantitative estimate of drug-likeness (QED) is 0.213. The number of hydrogen-bond donors (Lipinski definition) is 0. The van der Waals surface area contributed by atoms with E-state index < -0.39 is 0 Å². The van der Waals surface area contributed by atoms with Crippen molar-refractivity contribution in [1.82, 2.24) is 4.57 Å². The molecule has 0 aliphatic heterocycles. The number of furan rings is 1. The monoisotopic (exact) mass is 549 g/mol. The van der Waals surface area contributed by atoms with Crippen molar-refractivity contribution in [3.63, 3.8) is 0 Å². The Hall–Kier alpha value is -2.04. The molecule has 4 aromatic heterocycles. The number of aryl methyl sites for hydroxylation is 11. The fourth-order valence-corrected chi connectivity index (χ4v) is 5.19. The van der Waals surface area contributed by atoms with Gasteiger partial charge in [-0.2, -0.15) is 0 Å². The predicted octanol–water partition coefficient (Wildman–Crippen LogP) is 12.0. The molecule has 0 saturated carbocycles. The summed E-state index contributed by atoms with van der Waals surface area (Å²) in [6, 6.07) is 8.69. The Bertz CT molecular complexity index is 966. The Morgan fingerprint density at radius 1 is 0.541 bits per heavy atom. The average Bonchev–Trinajstić information content (AvgIpc) is 3.35. The Morgan fingerprint density at radius 2 is 0.946 bits per heavy atom. The van der Waals surface area contributed by atoms with Gasteiger partial charge in [-0.05, 0) is 130 Å². The molecule has 4 heterocycles. The maximum atomic E-state index is 5.21. The number of rotatable bonds is 0. The minimum atomic E-state index is 0. The zero-order valence-corrected chi connectivity index (χ0v) is 24.6. The number of thiophene rings is 2. The van der Waals surface area contributed by atoms with Crippen LogP contribution in [0.3, 0.4) is 0 Å². The zero-order chi connectivity index (χ0) is 25.5. The van der Waals surface area contributed by atoms with Crippen molar-refractivity contribution >= 4 is 22.7 Å². The molecule has 0 unspecified atom stereocenters.